The molecule has 1 aromatic heterocycles. The van der Waals surface area contributed by atoms with Crippen molar-refractivity contribution in [3.8, 4) is 0 Å². The van der Waals surface area contributed by atoms with Gasteiger partial charge in [0.15, 0.2) is 5.82 Å². The maximum absolute atomic E-state index is 12.9. The van der Waals surface area contributed by atoms with Crippen LogP contribution < -0.4 is 9.62 Å². The summed E-state index contributed by atoms with van der Waals surface area (Å²) >= 11 is 0. The van der Waals surface area contributed by atoms with Crippen LogP contribution in [0.25, 0.3) is 0 Å². The van der Waals surface area contributed by atoms with E-state index in [0.717, 1.165) is 20.7 Å². The van der Waals surface area contributed by atoms with Crippen molar-refractivity contribution in [1.29, 1.82) is 0 Å². The molecule has 3 N–H and O–H groups in total. The highest BCUT2D eigenvalue weighted by atomic mass is 32.2. The molecule has 0 radical (unpaired) electrons. The third kappa shape index (κ3) is 4.71. The van der Waals surface area contributed by atoms with E-state index in [1.165, 1.54) is 26.2 Å². The first kappa shape index (κ1) is 21.9. The first-order valence-corrected chi connectivity index (χ1v) is 9.72. The van der Waals surface area contributed by atoms with Gasteiger partial charge < -0.3 is 15.5 Å². The number of benzene rings is 1. The van der Waals surface area contributed by atoms with Gasteiger partial charge in [-0.2, -0.15) is 5.10 Å². The molecule has 1 unspecified atom stereocenters. The summed E-state index contributed by atoms with van der Waals surface area (Å²) in [7, 11) is -1.39. The van der Waals surface area contributed by atoms with Gasteiger partial charge in [0.25, 0.3) is 15.9 Å². The lowest BCUT2D eigenvalue weighted by molar-refractivity contribution is -0.145. The molecule has 0 spiro atoms. The van der Waals surface area contributed by atoms with Crippen LogP contribution in [0, 0.1) is 6.92 Å². The summed E-state index contributed by atoms with van der Waals surface area (Å²) in [5.74, 6) is -4.02. The standard InChI is InChI=1S/C17H20N4O7S/c1-10-4-6-11(7-5-10)29(27,28)21(3)16-12(9-18-20(16)2)15(24)19-13(17(25)26)8-14(22)23/h4-7,9,13H,8H2,1-3H3,(H,19,24)(H,22,23)(H,25,26). The van der Waals surface area contributed by atoms with Gasteiger partial charge in [-0.1, -0.05) is 17.7 Å². The zero-order valence-electron chi connectivity index (χ0n) is 15.9. The SMILES string of the molecule is Cc1ccc(S(=O)(=O)N(C)c2c(C(=O)NC(CC(=O)O)C(=O)O)cnn2C)cc1. The van der Waals surface area contributed by atoms with Crippen molar-refractivity contribution in [2.24, 2.45) is 7.05 Å². The van der Waals surface area contributed by atoms with Crippen molar-refractivity contribution in [2.45, 2.75) is 24.3 Å². The molecule has 2 rings (SSSR count). The summed E-state index contributed by atoms with van der Waals surface area (Å²) in [5.41, 5.74) is 0.646. The molecule has 1 amide bonds. The number of hydrogen-bond acceptors (Lipinski definition) is 6. The number of amides is 1. The number of nitrogens with zero attached hydrogens (tertiary/aromatic N) is 3. The lowest BCUT2D eigenvalue weighted by Gasteiger charge is -2.21. The predicted molar refractivity (Wildman–Crippen MR) is 101 cm³/mol. The first-order valence-electron chi connectivity index (χ1n) is 8.28. The molecule has 0 saturated heterocycles. The molecule has 0 aliphatic rings. The van der Waals surface area contributed by atoms with E-state index in [4.69, 9.17) is 10.2 Å². The van der Waals surface area contributed by atoms with Crippen molar-refractivity contribution in [1.82, 2.24) is 15.1 Å². The van der Waals surface area contributed by atoms with Crippen molar-refractivity contribution < 1.29 is 33.0 Å². The van der Waals surface area contributed by atoms with Crippen LogP contribution >= 0.6 is 0 Å². The van der Waals surface area contributed by atoms with Crippen LogP contribution in [0.15, 0.2) is 35.4 Å². The summed E-state index contributed by atoms with van der Waals surface area (Å²) < 4.78 is 27.9. The van der Waals surface area contributed by atoms with E-state index >= 15 is 0 Å². The lowest BCUT2D eigenvalue weighted by Crippen LogP contribution is -2.42. The van der Waals surface area contributed by atoms with Gasteiger partial charge in [0, 0.05) is 14.1 Å². The number of carbonyl (C=O) groups excluding carboxylic acids is 1. The minimum atomic E-state index is -4.04. The molecule has 1 atom stereocenters. The highest BCUT2D eigenvalue weighted by Crippen LogP contribution is 2.25. The Morgan fingerprint density at radius 1 is 1.21 bits per heavy atom. The van der Waals surface area contributed by atoms with Gasteiger partial charge in [0.2, 0.25) is 0 Å². The fraction of sp³-hybridized carbons (Fsp3) is 0.294. The molecule has 1 heterocycles. The second kappa shape index (κ2) is 8.31. The Labute approximate surface area is 166 Å². The van der Waals surface area contributed by atoms with Crippen molar-refractivity contribution in [2.75, 3.05) is 11.4 Å². The maximum atomic E-state index is 12.9. The third-order valence-corrected chi connectivity index (χ3v) is 5.87. The normalized spacial score (nSPS) is 12.2. The van der Waals surface area contributed by atoms with Crippen LogP contribution in [-0.4, -0.2) is 59.3 Å². The van der Waals surface area contributed by atoms with E-state index in [1.807, 2.05) is 0 Å². The highest BCUT2D eigenvalue weighted by molar-refractivity contribution is 7.92. The van der Waals surface area contributed by atoms with Crippen LogP contribution in [0.1, 0.15) is 22.3 Å². The molecular weight excluding hydrogens is 404 g/mol. The molecule has 0 saturated carbocycles. The zero-order valence-corrected chi connectivity index (χ0v) is 16.7. The van der Waals surface area contributed by atoms with Gasteiger partial charge >= 0.3 is 11.9 Å². The Balaban J connectivity index is 2.39. The molecule has 2 aromatic rings. The van der Waals surface area contributed by atoms with E-state index in [0.29, 0.717) is 0 Å². The fourth-order valence-electron chi connectivity index (χ4n) is 2.56. The molecular formula is C17H20N4O7S. The largest absolute Gasteiger partial charge is 0.481 e. The second-order valence-electron chi connectivity index (χ2n) is 6.25. The number of aromatic nitrogens is 2. The summed E-state index contributed by atoms with van der Waals surface area (Å²) in [5, 5.41) is 23.8. The number of hydrogen-bond donors (Lipinski definition) is 3. The number of nitrogens with one attached hydrogen (secondary N) is 1. The number of aryl methyl sites for hydroxylation is 2. The second-order valence-corrected chi connectivity index (χ2v) is 8.22. The Kier molecular flexibility index (Phi) is 6.27. The zero-order chi connectivity index (χ0) is 21.9. The quantitative estimate of drug-likeness (QED) is 0.542. The van der Waals surface area contributed by atoms with Gasteiger partial charge in [-0.15, -0.1) is 0 Å². The Morgan fingerprint density at radius 2 is 1.79 bits per heavy atom. The molecule has 11 nitrogen and oxygen atoms in total. The van der Waals surface area contributed by atoms with Gasteiger partial charge in [0.05, 0.1) is 17.5 Å². The fourth-order valence-corrected chi connectivity index (χ4v) is 3.80. The van der Waals surface area contributed by atoms with Crippen molar-refractivity contribution in [3.05, 3.63) is 41.6 Å². The van der Waals surface area contributed by atoms with Crippen LogP contribution in [0.4, 0.5) is 5.82 Å². The van der Waals surface area contributed by atoms with Crippen LogP contribution in [0.5, 0.6) is 0 Å². The van der Waals surface area contributed by atoms with E-state index < -0.39 is 40.3 Å². The molecule has 1 aromatic carbocycles. The number of sulfonamides is 1. The number of carbonyl (C=O) groups is 3. The minimum Gasteiger partial charge on any atom is -0.481 e. The van der Waals surface area contributed by atoms with E-state index in [-0.39, 0.29) is 16.3 Å². The number of carboxylic acids is 2. The van der Waals surface area contributed by atoms with E-state index in [9.17, 15) is 22.8 Å². The Hall–Kier alpha value is -3.41. The molecule has 0 bridgehead atoms. The van der Waals surface area contributed by atoms with Gasteiger partial charge in [0.1, 0.15) is 11.6 Å². The van der Waals surface area contributed by atoms with Crippen molar-refractivity contribution in [3.63, 3.8) is 0 Å². The van der Waals surface area contributed by atoms with E-state index in [2.05, 4.69) is 10.4 Å². The van der Waals surface area contributed by atoms with Crippen LogP contribution in [0.2, 0.25) is 0 Å². The smallest absolute Gasteiger partial charge is 0.326 e. The molecule has 0 aliphatic heterocycles. The highest BCUT2D eigenvalue weighted by Gasteiger charge is 2.31. The summed E-state index contributed by atoms with van der Waals surface area (Å²) in [6.45, 7) is 1.81. The molecule has 0 aliphatic carbocycles. The Morgan fingerprint density at radius 3 is 2.31 bits per heavy atom. The molecule has 29 heavy (non-hydrogen) atoms. The van der Waals surface area contributed by atoms with Gasteiger partial charge in [-0.3, -0.25) is 18.6 Å². The van der Waals surface area contributed by atoms with E-state index in [1.54, 1.807) is 19.1 Å². The van der Waals surface area contributed by atoms with Gasteiger partial charge in [-0.05, 0) is 19.1 Å². The monoisotopic (exact) mass is 424 g/mol. The van der Waals surface area contributed by atoms with Crippen molar-refractivity contribution >= 4 is 33.7 Å². The summed E-state index contributed by atoms with van der Waals surface area (Å²) in [6.07, 6.45) is 0.236. The first-order chi connectivity index (χ1) is 13.4. The van der Waals surface area contributed by atoms with Crippen LogP contribution in [0.3, 0.4) is 0 Å². The summed E-state index contributed by atoms with van der Waals surface area (Å²) in [6, 6.07) is 4.41. The predicted octanol–water partition coefficient (Wildman–Crippen LogP) is 0.211. The maximum Gasteiger partial charge on any atom is 0.326 e. The number of rotatable bonds is 8. The number of aliphatic carboxylic acids is 2. The van der Waals surface area contributed by atoms with Gasteiger partial charge in [-0.25, -0.2) is 13.2 Å². The molecule has 156 valence electrons. The Bertz CT molecular complexity index is 1040. The summed E-state index contributed by atoms with van der Waals surface area (Å²) in [4.78, 5) is 34.5. The molecule has 0 fully saturated rings. The molecule has 12 heteroatoms. The minimum absolute atomic E-state index is 0.00699. The average molecular weight is 424 g/mol. The topological polar surface area (TPSA) is 159 Å². The number of carboxylic acid groups (broad SMARTS) is 2. The lowest BCUT2D eigenvalue weighted by atomic mass is 10.2. The number of anilines is 1. The average Bonchev–Trinajstić information content (AvgIpc) is 3.01. The van der Waals surface area contributed by atoms with Crippen LogP contribution in [-0.2, 0) is 26.7 Å². The third-order valence-electron chi connectivity index (χ3n) is 4.11.